The van der Waals surface area contributed by atoms with Gasteiger partial charge in [-0.25, -0.2) is 19.6 Å². The SMILES string of the molecule is CC[C@@]1(O)C(=O)OCc2c1cc1n(c2=O)Cc2c-1nc1ccc(O)cc1c2CC[Si](C)(C)C.CC[C@@]1(O)C(=O)OCc2c1cc1n(c2=O)Cc2c-1nc1ccc(OCCOC)cc1c2CC[Si](C)(C)C. The first-order valence-electron chi connectivity index (χ1n) is 24.2. The van der Waals surface area contributed by atoms with Crippen LogP contribution in [-0.4, -0.2) is 82.8 Å². The number of phenols is 1. The Kier molecular flexibility index (Phi) is 12.6. The van der Waals surface area contributed by atoms with Crippen LogP contribution < -0.4 is 15.9 Å². The number of esters is 2. The molecule has 70 heavy (non-hydrogen) atoms. The van der Waals surface area contributed by atoms with E-state index in [9.17, 15) is 34.5 Å². The summed E-state index contributed by atoms with van der Waals surface area (Å²) in [7, 11) is -1.08. The second-order valence-electron chi connectivity index (χ2n) is 21.4. The number of aromatic nitrogens is 4. The molecule has 0 aliphatic carbocycles. The molecule has 3 N–H and O–H groups in total. The number of aryl methyl sites for hydroxylation is 2. The Morgan fingerprint density at radius 1 is 0.643 bits per heavy atom. The summed E-state index contributed by atoms with van der Waals surface area (Å²) < 4.78 is 24.8. The molecule has 0 fully saturated rings. The molecule has 4 aliphatic heterocycles. The minimum atomic E-state index is -1.84. The van der Waals surface area contributed by atoms with Gasteiger partial charge >= 0.3 is 11.9 Å². The third-order valence-electron chi connectivity index (χ3n) is 14.4. The molecular formula is C53H62N4O11Si2. The van der Waals surface area contributed by atoms with Crippen molar-refractivity contribution in [2.45, 2.75) is 128 Å². The zero-order chi connectivity index (χ0) is 50.2. The maximum Gasteiger partial charge on any atom is 0.343 e. The van der Waals surface area contributed by atoms with E-state index in [0.717, 1.165) is 74.9 Å². The molecule has 8 heterocycles. The maximum absolute atomic E-state index is 13.6. The van der Waals surface area contributed by atoms with Crippen LogP contribution in [0.5, 0.6) is 11.5 Å². The van der Waals surface area contributed by atoms with Crippen LogP contribution in [0.1, 0.15) is 71.2 Å². The first-order chi connectivity index (χ1) is 33.1. The molecule has 0 bridgehead atoms. The monoisotopic (exact) mass is 986 g/mol. The number of phenolic OH excluding ortho intramolecular Hbond substituents is 1. The highest BCUT2D eigenvalue weighted by molar-refractivity contribution is 6.76. The molecule has 0 spiro atoms. The highest BCUT2D eigenvalue weighted by atomic mass is 28.3. The maximum atomic E-state index is 13.6. The summed E-state index contributed by atoms with van der Waals surface area (Å²) in [5.74, 6) is -0.496. The van der Waals surface area contributed by atoms with Crippen molar-refractivity contribution in [3.63, 3.8) is 0 Å². The minimum absolute atomic E-state index is 0.112. The summed E-state index contributed by atoms with van der Waals surface area (Å²) in [6, 6.07) is 16.7. The fourth-order valence-electron chi connectivity index (χ4n) is 10.2. The molecule has 0 radical (unpaired) electrons. The van der Waals surface area contributed by atoms with Gasteiger partial charge in [-0.3, -0.25) is 9.59 Å². The van der Waals surface area contributed by atoms with E-state index in [-0.39, 0.29) is 42.9 Å². The summed E-state index contributed by atoms with van der Waals surface area (Å²) in [4.78, 5) is 61.8. The topological polar surface area (TPSA) is 202 Å². The molecule has 4 aliphatic rings. The Hall–Kier alpha value is -5.99. The predicted octanol–water partition coefficient (Wildman–Crippen LogP) is 7.65. The summed E-state index contributed by atoms with van der Waals surface area (Å²) >= 11 is 0. The number of nitrogens with zero attached hydrogens (tertiary/aromatic N) is 4. The second-order valence-corrected chi connectivity index (χ2v) is 32.6. The van der Waals surface area contributed by atoms with E-state index in [1.165, 1.54) is 5.56 Å². The Balaban J connectivity index is 0.000000175. The predicted molar refractivity (Wildman–Crippen MR) is 272 cm³/mol. The Morgan fingerprint density at radius 2 is 1.10 bits per heavy atom. The lowest BCUT2D eigenvalue weighted by Crippen LogP contribution is -2.44. The number of carbonyl (C=O) groups is 2. The number of aliphatic hydroxyl groups is 2. The number of aromatic hydroxyl groups is 1. The number of rotatable bonds is 12. The largest absolute Gasteiger partial charge is 0.508 e. The average Bonchev–Trinajstić information content (AvgIpc) is 3.87. The molecule has 4 aromatic heterocycles. The third kappa shape index (κ3) is 8.48. The van der Waals surface area contributed by atoms with E-state index in [0.29, 0.717) is 65.6 Å². The molecule has 0 saturated heterocycles. The number of pyridine rings is 4. The number of carbonyl (C=O) groups excluding carboxylic acids is 2. The molecular weight excluding hydrogens is 925 g/mol. The van der Waals surface area contributed by atoms with Crippen molar-refractivity contribution in [2.24, 2.45) is 0 Å². The lowest BCUT2D eigenvalue weighted by Gasteiger charge is -2.31. The number of benzene rings is 2. The number of cyclic esters (lactones) is 2. The number of ether oxygens (including phenoxy) is 4. The summed E-state index contributed by atoms with van der Waals surface area (Å²) in [5, 5.41) is 34.3. The van der Waals surface area contributed by atoms with Crippen LogP contribution >= 0.6 is 0 Å². The number of hydrogen-bond acceptors (Lipinski definition) is 13. The van der Waals surface area contributed by atoms with E-state index in [2.05, 4.69) is 39.3 Å². The fraction of sp³-hybridized carbons (Fsp3) is 0.434. The molecule has 15 nitrogen and oxygen atoms in total. The van der Waals surface area contributed by atoms with Gasteiger partial charge in [-0.2, -0.15) is 0 Å². The number of hydrogen-bond donors (Lipinski definition) is 3. The van der Waals surface area contributed by atoms with E-state index >= 15 is 0 Å². The van der Waals surface area contributed by atoms with E-state index < -0.39 is 39.3 Å². The quantitative estimate of drug-likeness (QED) is 0.0613. The Labute approximate surface area is 408 Å². The van der Waals surface area contributed by atoms with Crippen LogP contribution in [0.4, 0.5) is 0 Å². The standard InChI is InChI=1S/C28H34N2O6Si.C25H28N2O5Si/c1-6-28(33)22-14-24-25-20(15-30(24)26(31)21(22)16-36-27(28)32)18(9-12-37(3,4)5)19-13-17(35-11-10-34-2)7-8-23(19)29-25;1-5-25(31)19-11-21-22-17(12-27(21)23(29)18(19)13-32-24(25)30)15(8-9-33(2,3)4)16-10-14(28)6-7-20(16)26-22/h7-8,13-14,33H,6,9-12,15-16H2,1-5H3;6-7,10-11,28,31H,5,8-9,12-13H2,1-4H3/t28-;25-/m00/s1. The molecule has 368 valence electrons. The minimum Gasteiger partial charge on any atom is -0.508 e. The first kappa shape index (κ1) is 49.0. The lowest BCUT2D eigenvalue weighted by molar-refractivity contribution is -0.172. The van der Waals surface area contributed by atoms with E-state index in [1.54, 1.807) is 60.4 Å². The molecule has 0 unspecified atom stereocenters. The highest BCUT2D eigenvalue weighted by Gasteiger charge is 2.47. The molecule has 0 saturated carbocycles. The van der Waals surface area contributed by atoms with Crippen molar-refractivity contribution in [3.05, 3.63) is 114 Å². The third-order valence-corrected chi connectivity index (χ3v) is 17.9. The van der Waals surface area contributed by atoms with Gasteiger partial charge in [0, 0.05) is 56.3 Å². The van der Waals surface area contributed by atoms with Crippen LogP contribution in [0, 0.1) is 0 Å². The van der Waals surface area contributed by atoms with Gasteiger partial charge < -0.3 is 43.4 Å². The van der Waals surface area contributed by atoms with Gasteiger partial charge in [-0.1, -0.05) is 65.2 Å². The molecule has 0 amide bonds. The number of fused-ring (bicyclic) bond motifs is 10. The van der Waals surface area contributed by atoms with Crippen molar-refractivity contribution >= 4 is 49.9 Å². The summed E-state index contributed by atoms with van der Waals surface area (Å²) in [6.07, 6.45) is 1.94. The molecule has 2 atom stereocenters. The number of methoxy groups -OCH3 is 1. The first-order valence-corrected chi connectivity index (χ1v) is 31.6. The van der Waals surface area contributed by atoms with Gasteiger partial charge in [0.15, 0.2) is 11.2 Å². The van der Waals surface area contributed by atoms with E-state index in [1.807, 2.05) is 18.2 Å². The van der Waals surface area contributed by atoms with Gasteiger partial charge in [0.2, 0.25) is 0 Å². The zero-order valence-electron chi connectivity index (χ0n) is 41.5. The average molecular weight is 987 g/mol. The van der Waals surface area contributed by atoms with Gasteiger partial charge in [-0.05, 0) is 85.3 Å². The van der Waals surface area contributed by atoms with Crippen LogP contribution in [0.15, 0.2) is 58.1 Å². The molecule has 2 aromatic carbocycles. The highest BCUT2D eigenvalue weighted by Crippen LogP contribution is 2.43. The van der Waals surface area contributed by atoms with Gasteiger partial charge in [-0.15, -0.1) is 0 Å². The van der Waals surface area contributed by atoms with Crippen LogP contribution in [0.25, 0.3) is 44.6 Å². The van der Waals surface area contributed by atoms with Crippen molar-refractivity contribution in [1.82, 2.24) is 19.1 Å². The second kappa shape index (κ2) is 18.0. The van der Waals surface area contributed by atoms with Gasteiger partial charge in [0.05, 0.1) is 64.6 Å². The molecule has 6 aromatic rings. The van der Waals surface area contributed by atoms with Crippen molar-refractivity contribution < 1.29 is 43.9 Å². The summed E-state index contributed by atoms with van der Waals surface area (Å²) in [5.41, 5.74) is 5.68. The zero-order valence-corrected chi connectivity index (χ0v) is 43.5. The summed E-state index contributed by atoms with van der Waals surface area (Å²) in [6.45, 7) is 18.9. The Morgan fingerprint density at radius 3 is 1.54 bits per heavy atom. The smallest absolute Gasteiger partial charge is 0.343 e. The Bertz CT molecular complexity index is 3280. The fourth-order valence-corrected chi connectivity index (χ4v) is 12.2. The van der Waals surface area contributed by atoms with E-state index in [4.69, 9.17) is 28.9 Å². The van der Waals surface area contributed by atoms with Crippen LogP contribution in [0.2, 0.25) is 51.4 Å². The van der Waals surface area contributed by atoms with Crippen molar-refractivity contribution in [3.8, 4) is 34.3 Å². The molecule has 10 rings (SSSR count). The lowest BCUT2D eigenvalue weighted by atomic mass is 9.86. The molecule has 17 heteroatoms. The van der Waals surface area contributed by atoms with Crippen LogP contribution in [0.3, 0.4) is 0 Å². The van der Waals surface area contributed by atoms with Crippen molar-refractivity contribution in [2.75, 3.05) is 20.3 Å². The van der Waals surface area contributed by atoms with Gasteiger partial charge in [0.1, 0.15) is 31.3 Å². The van der Waals surface area contributed by atoms with Crippen LogP contribution in [-0.2, 0) is 74.1 Å². The van der Waals surface area contributed by atoms with Crippen molar-refractivity contribution in [1.29, 1.82) is 0 Å². The van der Waals surface area contributed by atoms with Gasteiger partial charge in [0.25, 0.3) is 11.1 Å². The normalized spacial score (nSPS) is 18.8.